The average molecular weight is 355 g/mol. The summed E-state index contributed by atoms with van der Waals surface area (Å²) in [6.07, 6.45) is 1.04. The molecule has 0 N–H and O–H groups in total. The normalized spacial score (nSPS) is 18.6. The summed E-state index contributed by atoms with van der Waals surface area (Å²) < 4.78 is 0. The molecule has 0 aliphatic carbocycles. The van der Waals surface area contributed by atoms with Gasteiger partial charge in [-0.1, -0.05) is 11.6 Å². The minimum absolute atomic E-state index is 0.0719. The van der Waals surface area contributed by atoms with E-state index in [4.69, 9.17) is 11.6 Å². The van der Waals surface area contributed by atoms with Gasteiger partial charge in [-0.25, -0.2) is 0 Å². The molecule has 1 aliphatic rings. The van der Waals surface area contributed by atoms with Crippen LogP contribution in [0, 0.1) is 0 Å². The van der Waals surface area contributed by atoms with E-state index in [2.05, 4.69) is 25.7 Å². The smallest absolute Gasteiger partial charge is 0.235 e. The third-order valence-corrected chi connectivity index (χ3v) is 5.58. The van der Waals surface area contributed by atoms with Crippen molar-refractivity contribution in [2.45, 2.75) is 49.8 Å². The molecule has 0 saturated carbocycles. The van der Waals surface area contributed by atoms with Crippen LogP contribution in [0.3, 0.4) is 0 Å². The van der Waals surface area contributed by atoms with Crippen LogP contribution in [0.4, 0.5) is 0 Å². The van der Waals surface area contributed by atoms with Crippen LogP contribution >= 0.6 is 23.4 Å². The number of nitrogens with zero attached hydrogens (tertiary/aromatic N) is 2. The third kappa shape index (κ3) is 5.40. The Bertz CT molecular complexity index is 527. The monoisotopic (exact) mass is 354 g/mol. The highest BCUT2D eigenvalue weighted by Crippen LogP contribution is 2.26. The Morgan fingerprint density at radius 2 is 1.78 bits per heavy atom. The summed E-state index contributed by atoms with van der Waals surface area (Å²) in [5.41, 5.74) is 0.169. The number of carbonyl (C=O) groups is 1. The zero-order valence-corrected chi connectivity index (χ0v) is 16.1. The first-order valence-corrected chi connectivity index (χ1v) is 9.49. The molecule has 0 spiro atoms. The van der Waals surface area contributed by atoms with Crippen molar-refractivity contribution in [2.24, 2.45) is 0 Å². The Kier molecular flexibility index (Phi) is 6.40. The minimum atomic E-state index is -0.0719. The molecule has 1 saturated heterocycles. The molecule has 0 aromatic heterocycles. The molecule has 128 valence electrons. The van der Waals surface area contributed by atoms with Gasteiger partial charge in [-0.15, -0.1) is 11.8 Å². The van der Waals surface area contributed by atoms with Crippen molar-refractivity contribution in [2.75, 3.05) is 26.2 Å². The zero-order chi connectivity index (χ0) is 17.0. The summed E-state index contributed by atoms with van der Waals surface area (Å²) >= 11 is 7.52. The van der Waals surface area contributed by atoms with Crippen LogP contribution in [0.15, 0.2) is 29.2 Å². The fourth-order valence-corrected chi connectivity index (χ4v) is 3.91. The van der Waals surface area contributed by atoms with Gasteiger partial charge >= 0.3 is 0 Å². The van der Waals surface area contributed by atoms with Crippen LogP contribution in [-0.2, 0) is 4.79 Å². The number of hydrogen-bond donors (Lipinski definition) is 0. The van der Waals surface area contributed by atoms with Crippen molar-refractivity contribution in [3.05, 3.63) is 29.3 Å². The Morgan fingerprint density at radius 1 is 1.13 bits per heavy atom. The van der Waals surface area contributed by atoms with E-state index < -0.39 is 0 Å². The molecule has 1 aromatic carbocycles. The first-order chi connectivity index (χ1) is 10.8. The van der Waals surface area contributed by atoms with Gasteiger partial charge in [0, 0.05) is 41.6 Å². The highest BCUT2D eigenvalue weighted by Gasteiger charge is 2.27. The van der Waals surface area contributed by atoms with Crippen LogP contribution < -0.4 is 0 Å². The largest absolute Gasteiger partial charge is 0.340 e. The highest BCUT2D eigenvalue weighted by molar-refractivity contribution is 8.00. The number of hydrogen-bond acceptors (Lipinski definition) is 3. The second-order valence-corrected chi connectivity index (χ2v) is 8.90. The number of carbonyl (C=O) groups excluding carboxylic acids is 1. The van der Waals surface area contributed by atoms with E-state index >= 15 is 0 Å². The van der Waals surface area contributed by atoms with E-state index in [-0.39, 0.29) is 16.7 Å². The summed E-state index contributed by atoms with van der Waals surface area (Å²) in [7, 11) is 0. The van der Waals surface area contributed by atoms with Gasteiger partial charge in [-0.2, -0.15) is 0 Å². The van der Waals surface area contributed by atoms with Gasteiger partial charge in [-0.05, 0) is 58.4 Å². The minimum Gasteiger partial charge on any atom is -0.340 e. The first kappa shape index (κ1) is 18.6. The molecule has 3 nitrogen and oxygen atoms in total. The molecule has 0 radical (unpaired) electrons. The van der Waals surface area contributed by atoms with Gasteiger partial charge in [0.25, 0.3) is 0 Å². The van der Waals surface area contributed by atoms with Crippen molar-refractivity contribution in [3.8, 4) is 0 Å². The van der Waals surface area contributed by atoms with E-state index in [1.54, 1.807) is 11.8 Å². The van der Waals surface area contributed by atoms with Crippen molar-refractivity contribution in [1.82, 2.24) is 9.80 Å². The SMILES string of the molecule is CC(Sc1ccc(Cl)cc1)C(=O)N1CCCN(C(C)(C)C)CC1. The van der Waals surface area contributed by atoms with Crippen LogP contribution in [0.2, 0.25) is 5.02 Å². The lowest BCUT2D eigenvalue weighted by Gasteiger charge is -2.34. The molecule has 1 unspecified atom stereocenters. The number of benzene rings is 1. The van der Waals surface area contributed by atoms with Gasteiger partial charge in [0.1, 0.15) is 0 Å². The molecule has 2 rings (SSSR count). The predicted molar refractivity (Wildman–Crippen MR) is 99.3 cm³/mol. The lowest BCUT2D eigenvalue weighted by atomic mass is 10.1. The Morgan fingerprint density at radius 3 is 2.39 bits per heavy atom. The quantitative estimate of drug-likeness (QED) is 0.762. The standard InChI is InChI=1S/C18H27ClN2OS/c1-14(23-16-8-6-15(19)7-9-16)17(22)20-10-5-11-21(13-12-20)18(2,3)4/h6-9,14H,5,10-13H2,1-4H3. The molecule has 1 fully saturated rings. The van der Waals surface area contributed by atoms with Crippen molar-refractivity contribution >= 4 is 29.3 Å². The number of rotatable bonds is 3. The van der Waals surface area contributed by atoms with E-state index in [0.717, 1.165) is 42.5 Å². The lowest BCUT2D eigenvalue weighted by Crippen LogP contribution is -2.44. The molecule has 1 heterocycles. The Balaban J connectivity index is 1.93. The maximum Gasteiger partial charge on any atom is 0.235 e. The molecule has 1 atom stereocenters. The molecule has 1 amide bonds. The number of thioether (sulfide) groups is 1. The van der Waals surface area contributed by atoms with Gasteiger partial charge in [0.05, 0.1) is 5.25 Å². The lowest BCUT2D eigenvalue weighted by molar-refractivity contribution is -0.130. The molecule has 1 aromatic rings. The predicted octanol–water partition coefficient (Wildman–Crippen LogP) is 4.15. The molecular weight excluding hydrogens is 328 g/mol. The van der Waals surface area contributed by atoms with Crippen molar-refractivity contribution in [1.29, 1.82) is 0 Å². The Hall–Kier alpha value is -0.710. The summed E-state index contributed by atoms with van der Waals surface area (Å²) in [5.74, 6) is 0.237. The Labute approximate surface area is 149 Å². The molecular formula is C18H27ClN2OS. The van der Waals surface area contributed by atoms with E-state index in [9.17, 15) is 4.79 Å². The summed E-state index contributed by atoms with van der Waals surface area (Å²) in [6.45, 7) is 12.4. The fraction of sp³-hybridized carbons (Fsp3) is 0.611. The zero-order valence-electron chi connectivity index (χ0n) is 14.5. The number of halogens is 1. The van der Waals surface area contributed by atoms with E-state index in [1.165, 1.54) is 0 Å². The topological polar surface area (TPSA) is 23.6 Å². The van der Waals surface area contributed by atoms with Gasteiger partial charge in [0.2, 0.25) is 5.91 Å². The second kappa shape index (κ2) is 7.91. The van der Waals surface area contributed by atoms with Gasteiger partial charge < -0.3 is 4.90 Å². The highest BCUT2D eigenvalue weighted by atomic mass is 35.5. The maximum atomic E-state index is 12.7. The first-order valence-electron chi connectivity index (χ1n) is 8.23. The van der Waals surface area contributed by atoms with Crippen molar-refractivity contribution < 1.29 is 4.79 Å². The van der Waals surface area contributed by atoms with Gasteiger partial charge in [0.15, 0.2) is 0 Å². The summed E-state index contributed by atoms with van der Waals surface area (Å²) in [5, 5.41) is 0.653. The fourth-order valence-electron chi connectivity index (χ4n) is 2.83. The molecule has 1 aliphatic heterocycles. The van der Waals surface area contributed by atoms with Gasteiger partial charge in [-0.3, -0.25) is 9.69 Å². The van der Waals surface area contributed by atoms with Crippen molar-refractivity contribution in [3.63, 3.8) is 0 Å². The second-order valence-electron chi connectivity index (χ2n) is 7.05. The summed E-state index contributed by atoms with van der Waals surface area (Å²) in [6, 6.07) is 7.68. The molecule has 23 heavy (non-hydrogen) atoms. The maximum absolute atomic E-state index is 12.7. The number of amides is 1. The van der Waals surface area contributed by atoms with E-state index in [1.807, 2.05) is 36.1 Å². The van der Waals surface area contributed by atoms with Crippen LogP contribution in [0.1, 0.15) is 34.1 Å². The van der Waals surface area contributed by atoms with Crippen LogP contribution in [-0.4, -0.2) is 52.7 Å². The molecule has 5 heteroatoms. The summed E-state index contributed by atoms with van der Waals surface area (Å²) in [4.78, 5) is 18.3. The van der Waals surface area contributed by atoms with Crippen LogP contribution in [0.5, 0.6) is 0 Å². The van der Waals surface area contributed by atoms with Crippen LogP contribution in [0.25, 0.3) is 0 Å². The average Bonchev–Trinajstić information content (AvgIpc) is 2.74. The molecule has 0 bridgehead atoms. The third-order valence-electron chi connectivity index (χ3n) is 4.23. The van der Waals surface area contributed by atoms with E-state index in [0.29, 0.717) is 0 Å².